The smallest absolute Gasteiger partial charge is 0.190 e. The molecule has 1 saturated carbocycles. The zero-order valence-corrected chi connectivity index (χ0v) is 11.5. The van der Waals surface area contributed by atoms with E-state index in [9.17, 15) is 4.21 Å². The van der Waals surface area contributed by atoms with Crippen LogP contribution in [0.3, 0.4) is 0 Å². The SMILES string of the molecule is C#CC1(OS(=O)c2ccc(C)cc2)CCCCC1. The monoisotopic (exact) mass is 262 g/mol. The molecule has 96 valence electrons. The summed E-state index contributed by atoms with van der Waals surface area (Å²) in [5, 5.41) is 0. The first-order valence-corrected chi connectivity index (χ1v) is 7.38. The van der Waals surface area contributed by atoms with Crippen LogP contribution in [0.25, 0.3) is 0 Å². The van der Waals surface area contributed by atoms with E-state index in [1.54, 1.807) is 0 Å². The fourth-order valence-electron chi connectivity index (χ4n) is 2.22. The summed E-state index contributed by atoms with van der Waals surface area (Å²) >= 11 is -1.47. The maximum Gasteiger partial charge on any atom is 0.190 e. The van der Waals surface area contributed by atoms with Gasteiger partial charge in [-0.2, -0.15) is 0 Å². The van der Waals surface area contributed by atoms with Crippen molar-refractivity contribution in [2.45, 2.75) is 49.5 Å². The first-order chi connectivity index (χ1) is 8.65. The van der Waals surface area contributed by atoms with Crippen molar-refractivity contribution in [1.29, 1.82) is 0 Å². The van der Waals surface area contributed by atoms with Crippen molar-refractivity contribution in [1.82, 2.24) is 0 Å². The molecule has 18 heavy (non-hydrogen) atoms. The van der Waals surface area contributed by atoms with Crippen molar-refractivity contribution in [2.75, 3.05) is 0 Å². The molecule has 0 saturated heterocycles. The van der Waals surface area contributed by atoms with Crippen LogP contribution in [0.4, 0.5) is 0 Å². The Bertz CT molecular complexity index is 464. The molecule has 0 spiro atoms. The largest absolute Gasteiger partial charge is 0.267 e. The van der Waals surface area contributed by atoms with E-state index in [-0.39, 0.29) is 0 Å². The number of benzene rings is 1. The predicted octanol–water partition coefficient (Wildman–Crippen LogP) is 3.37. The molecule has 0 heterocycles. The van der Waals surface area contributed by atoms with Crippen molar-refractivity contribution in [3.05, 3.63) is 29.8 Å². The molecule has 1 atom stereocenters. The van der Waals surface area contributed by atoms with Crippen molar-refractivity contribution in [3.63, 3.8) is 0 Å². The summed E-state index contributed by atoms with van der Waals surface area (Å²) in [5.74, 6) is 2.71. The number of terminal acetylenes is 1. The number of hydrogen-bond donors (Lipinski definition) is 0. The Morgan fingerprint density at radius 1 is 1.22 bits per heavy atom. The highest BCUT2D eigenvalue weighted by molar-refractivity contribution is 7.80. The van der Waals surface area contributed by atoms with E-state index in [0.717, 1.165) is 31.2 Å². The van der Waals surface area contributed by atoms with Gasteiger partial charge in [-0.05, 0) is 44.7 Å². The molecule has 1 aliphatic carbocycles. The molecule has 0 aliphatic heterocycles. The summed E-state index contributed by atoms with van der Waals surface area (Å²) in [6, 6.07) is 7.52. The van der Waals surface area contributed by atoms with Gasteiger partial charge in [-0.25, -0.2) is 4.21 Å². The molecule has 1 aromatic rings. The van der Waals surface area contributed by atoms with Gasteiger partial charge in [0.25, 0.3) is 0 Å². The fraction of sp³-hybridized carbons (Fsp3) is 0.467. The number of hydrogen-bond acceptors (Lipinski definition) is 2. The minimum absolute atomic E-state index is 0.631. The van der Waals surface area contributed by atoms with Crippen LogP contribution in [0.15, 0.2) is 29.2 Å². The normalized spacial score (nSPS) is 20.0. The highest BCUT2D eigenvalue weighted by Crippen LogP contribution is 2.32. The van der Waals surface area contributed by atoms with Gasteiger partial charge in [0.2, 0.25) is 0 Å². The van der Waals surface area contributed by atoms with Crippen LogP contribution < -0.4 is 0 Å². The third-order valence-corrected chi connectivity index (χ3v) is 4.50. The lowest BCUT2D eigenvalue weighted by Crippen LogP contribution is -2.34. The van der Waals surface area contributed by atoms with Crippen molar-refractivity contribution in [2.24, 2.45) is 0 Å². The van der Waals surface area contributed by atoms with Gasteiger partial charge in [-0.15, -0.1) is 6.42 Å². The van der Waals surface area contributed by atoms with Crippen molar-refractivity contribution < 1.29 is 8.39 Å². The lowest BCUT2D eigenvalue weighted by Gasteiger charge is -2.31. The fourth-order valence-corrected chi connectivity index (χ4v) is 3.18. The van der Waals surface area contributed by atoms with Gasteiger partial charge in [0.05, 0.1) is 4.90 Å². The van der Waals surface area contributed by atoms with Crippen molar-refractivity contribution in [3.8, 4) is 12.3 Å². The van der Waals surface area contributed by atoms with E-state index >= 15 is 0 Å². The van der Waals surface area contributed by atoms with Crippen molar-refractivity contribution >= 4 is 11.1 Å². The first kappa shape index (κ1) is 13.3. The quantitative estimate of drug-likeness (QED) is 0.781. The minimum atomic E-state index is -1.47. The Labute approximate surface area is 111 Å². The van der Waals surface area contributed by atoms with Gasteiger partial charge in [0, 0.05) is 0 Å². The van der Waals surface area contributed by atoms with Gasteiger partial charge in [-0.3, -0.25) is 4.18 Å². The second-order valence-electron chi connectivity index (χ2n) is 4.83. The molecule has 1 aliphatic rings. The summed E-state index contributed by atoms with van der Waals surface area (Å²) in [6.45, 7) is 2.00. The molecule has 1 aromatic carbocycles. The zero-order chi connectivity index (χ0) is 13.0. The van der Waals surface area contributed by atoms with Crippen LogP contribution in [0.1, 0.15) is 37.7 Å². The lowest BCUT2D eigenvalue weighted by molar-refractivity contribution is 0.104. The average molecular weight is 262 g/mol. The van der Waals surface area contributed by atoms with E-state index in [0.29, 0.717) is 4.90 Å². The second-order valence-corrected chi connectivity index (χ2v) is 5.94. The van der Waals surface area contributed by atoms with Crippen LogP contribution >= 0.6 is 0 Å². The Balaban J connectivity index is 2.10. The molecular formula is C15H18O2S. The van der Waals surface area contributed by atoms with Crippen LogP contribution in [-0.4, -0.2) is 9.81 Å². The van der Waals surface area contributed by atoms with E-state index in [1.807, 2.05) is 31.2 Å². The van der Waals surface area contributed by atoms with Gasteiger partial charge >= 0.3 is 0 Å². The average Bonchev–Trinajstić information content (AvgIpc) is 2.40. The topological polar surface area (TPSA) is 26.3 Å². The van der Waals surface area contributed by atoms with Gasteiger partial charge in [0.1, 0.15) is 5.60 Å². The van der Waals surface area contributed by atoms with E-state index < -0.39 is 16.7 Å². The van der Waals surface area contributed by atoms with Crippen LogP contribution in [0, 0.1) is 19.3 Å². The predicted molar refractivity (Wildman–Crippen MR) is 73.3 cm³/mol. The third kappa shape index (κ3) is 3.01. The van der Waals surface area contributed by atoms with E-state index in [4.69, 9.17) is 10.6 Å². The summed E-state index contributed by atoms with van der Waals surface area (Å²) in [4.78, 5) is 0.681. The van der Waals surface area contributed by atoms with Crippen LogP contribution in [0.5, 0.6) is 0 Å². The summed E-state index contributed by atoms with van der Waals surface area (Å²) in [7, 11) is 0. The number of rotatable bonds is 3. The Morgan fingerprint density at radius 2 is 1.83 bits per heavy atom. The molecule has 2 rings (SSSR count). The Kier molecular flexibility index (Phi) is 4.21. The van der Waals surface area contributed by atoms with Crippen LogP contribution in [-0.2, 0) is 15.3 Å². The summed E-state index contributed by atoms with van der Waals surface area (Å²) in [6.07, 6.45) is 10.5. The molecule has 2 nitrogen and oxygen atoms in total. The molecule has 1 unspecified atom stereocenters. The van der Waals surface area contributed by atoms with E-state index in [1.165, 1.54) is 6.42 Å². The maximum absolute atomic E-state index is 12.2. The summed E-state index contributed by atoms with van der Waals surface area (Å²) in [5.41, 5.74) is 0.508. The maximum atomic E-state index is 12.2. The van der Waals surface area contributed by atoms with Gasteiger partial charge in [-0.1, -0.05) is 30.0 Å². The molecule has 3 heteroatoms. The molecule has 0 bridgehead atoms. The zero-order valence-electron chi connectivity index (χ0n) is 10.6. The Morgan fingerprint density at radius 3 is 2.39 bits per heavy atom. The molecule has 0 amide bonds. The second kappa shape index (κ2) is 5.69. The minimum Gasteiger partial charge on any atom is -0.267 e. The highest BCUT2D eigenvalue weighted by Gasteiger charge is 2.33. The number of aryl methyl sites for hydroxylation is 1. The summed E-state index contributed by atoms with van der Waals surface area (Å²) < 4.78 is 17.9. The highest BCUT2D eigenvalue weighted by atomic mass is 32.2. The molecular weight excluding hydrogens is 244 g/mol. The lowest BCUT2D eigenvalue weighted by atomic mass is 9.86. The van der Waals surface area contributed by atoms with Crippen LogP contribution in [0.2, 0.25) is 0 Å². The molecule has 0 aromatic heterocycles. The molecule has 1 fully saturated rings. The van der Waals surface area contributed by atoms with Gasteiger partial charge < -0.3 is 0 Å². The van der Waals surface area contributed by atoms with Gasteiger partial charge in [0.15, 0.2) is 11.1 Å². The third-order valence-electron chi connectivity index (χ3n) is 3.37. The standard InChI is InChI=1S/C15H18O2S/c1-3-15(11-5-4-6-12-15)17-18(16)14-9-7-13(2)8-10-14/h1,7-10H,4-6,11-12H2,2H3. The molecule has 0 radical (unpaired) electrons. The molecule has 0 N–H and O–H groups in total. The first-order valence-electron chi connectivity index (χ1n) is 6.31. The van der Waals surface area contributed by atoms with E-state index in [2.05, 4.69) is 5.92 Å². The Hall–Kier alpha value is -1.11.